The highest BCUT2D eigenvalue weighted by molar-refractivity contribution is 7.80. The Bertz CT molecular complexity index is 388. The Morgan fingerprint density at radius 3 is 2.52 bits per heavy atom. The van der Waals surface area contributed by atoms with Crippen molar-refractivity contribution in [3.05, 3.63) is 0 Å². The summed E-state index contributed by atoms with van der Waals surface area (Å²) in [6, 6.07) is 0.167. The van der Waals surface area contributed by atoms with Crippen molar-refractivity contribution < 1.29 is 9.53 Å². The zero-order chi connectivity index (χ0) is 15.5. The highest BCUT2D eigenvalue weighted by Crippen LogP contribution is 2.28. The van der Waals surface area contributed by atoms with Crippen molar-refractivity contribution in [2.45, 2.75) is 51.2 Å². The first-order chi connectivity index (χ1) is 9.98. The predicted octanol–water partition coefficient (Wildman–Crippen LogP) is 1.15. The Morgan fingerprint density at radius 2 is 2.05 bits per heavy atom. The summed E-state index contributed by atoms with van der Waals surface area (Å²) in [5.74, 6) is 0.141. The molecule has 2 unspecified atom stereocenters. The minimum absolute atomic E-state index is 0.141. The van der Waals surface area contributed by atoms with E-state index in [2.05, 4.69) is 11.8 Å². The van der Waals surface area contributed by atoms with Crippen molar-refractivity contribution in [1.82, 2.24) is 9.80 Å². The molecule has 120 valence electrons. The van der Waals surface area contributed by atoms with Crippen LogP contribution in [0.1, 0.15) is 39.5 Å². The molecule has 2 aliphatic heterocycles. The molecule has 0 aliphatic carbocycles. The summed E-state index contributed by atoms with van der Waals surface area (Å²) in [5.41, 5.74) is 5.25. The first-order valence-electron chi connectivity index (χ1n) is 7.94. The van der Waals surface area contributed by atoms with E-state index < -0.39 is 5.60 Å². The molecule has 21 heavy (non-hydrogen) atoms. The summed E-state index contributed by atoms with van der Waals surface area (Å²) < 4.78 is 5.66. The van der Waals surface area contributed by atoms with E-state index in [1.165, 1.54) is 0 Å². The van der Waals surface area contributed by atoms with E-state index in [1.807, 2.05) is 11.8 Å². The van der Waals surface area contributed by atoms with Crippen molar-refractivity contribution in [3.63, 3.8) is 0 Å². The molecule has 2 fully saturated rings. The molecule has 0 aromatic carbocycles. The minimum Gasteiger partial charge on any atom is -0.392 e. The van der Waals surface area contributed by atoms with Crippen LogP contribution in [0.5, 0.6) is 0 Å². The molecule has 1 amide bonds. The van der Waals surface area contributed by atoms with E-state index in [4.69, 9.17) is 22.7 Å². The molecule has 6 heteroatoms. The first-order valence-corrected chi connectivity index (χ1v) is 8.35. The van der Waals surface area contributed by atoms with Gasteiger partial charge < -0.3 is 15.4 Å². The summed E-state index contributed by atoms with van der Waals surface area (Å²) in [4.78, 5) is 17.4. The molecule has 2 heterocycles. The van der Waals surface area contributed by atoms with Crippen LogP contribution in [0.2, 0.25) is 0 Å². The topological polar surface area (TPSA) is 58.8 Å². The van der Waals surface area contributed by atoms with Crippen LogP contribution < -0.4 is 5.73 Å². The van der Waals surface area contributed by atoms with Gasteiger partial charge in [0.05, 0.1) is 11.0 Å². The third-order valence-electron chi connectivity index (χ3n) is 4.60. The molecule has 0 radical (unpaired) electrons. The fourth-order valence-corrected chi connectivity index (χ4v) is 3.56. The van der Waals surface area contributed by atoms with Gasteiger partial charge in [0.25, 0.3) is 5.91 Å². The molecule has 0 aromatic heterocycles. The Labute approximate surface area is 132 Å². The molecular formula is C15H27N3O2S. The molecule has 2 rings (SSSR count). The van der Waals surface area contributed by atoms with Gasteiger partial charge in [0.1, 0.15) is 5.60 Å². The van der Waals surface area contributed by atoms with E-state index in [-0.39, 0.29) is 11.9 Å². The average Bonchev–Trinajstić information content (AvgIpc) is 2.92. The Hall–Kier alpha value is -0.720. The van der Waals surface area contributed by atoms with Crippen LogP contribution >= 0.6 is 12.2 Å². The van der Waals surface area contributed by atoms with Gasteiger partial charge in [-0.05, 0) is 26.2 Å². The van der Waals surface area contributed by atoms with Gasteiger partial charge >= 0.3 is 0 Å². The predicted molar refractivity (Wildman–Crippen MR) is 87.2 cm³/mol. The maximum Gasteiger partial charge on any atom is 0.254 e. The SMILES string of the molecule is CCCC(C(N)=S)N1CCN(C(=O)C2(C)CCCO2)CC1. The summed E-state index contributed by atoms with van der Waals surface area (Å²) in [7, 11) is 0. The molecular weight excluding hydrogens is 286 g/mol. The number of amides is 1. The molecule has 5 nitrogen and oxygen atoms in total. The molecule has 0 spiro atoms. The lowest BCUT2D eigenvalue weighted by Crippen LogP contribution is -2.58. The van der Waals surface area contributed by atoms with Gasteiger partial charge in [-0.2, -0.15) is 0 Å². The monoisotopic (exact) mass is 313 g/mol. The molecule has 2 N–H and O–H groups in total. The second-order valence-corrected chi connectivity index (χ2v) is 6.69. The van der Waals surface area contributed by atoms with Gasteiger partial charge in [-0.3, -0.25) is 9.69 Å². The number of carbonyl (C=O) groups is 1. The highest BCUT2D eigenvalue weighted by Gasteiger charge is 2.41. The Balaban J connectivity index is 1.90. The molecule has 0 aromatic rings. The van der Waals surface area contributed by atoms with Crippen LogP contribution in [0.4, 0.5) is 0 Å². The number of ether oxygens (including phenoxy) is 1. The van der Waals surface area contributed by atoms with Crippen LogP contribution in [0.25, 0.3) is 0 Å². The number of thiocarbonyl (C=S) groups is 1. The van der Waals surface area contributed by atoms with Crippen LogP contribution in [-0.2, 0) is 9.53 Å². The lowest BCUT2D eigenvalue weighted by atomic mass is 10.0. The van der Waals surface area contributed by atoms with E-state index in [0.29, 0.717) is 11.6 Å². The van der Waals surface area contributed by atoms with Crippen molar-refractivity contribution in [3.8, 4) is 0 Å². The Morgan fingerprint density at radius 1 is 1.38 bits per heavy atom. The number of hydrogen-bond donors (Lipinski definition) is 1. The second kappa shape index (κ2) is 7.03. The lowest BCUT2D eigenvalue weighted by molar-refractivity contribution is -0.152. The Kier molecular flexibility index (Phi) is 5.57. The number of nitrogens with two attached hydrogens (primary N) is 1. The van der Waals surface area contributed by atoms with Crippen molar-refractivity contribution in [2.75, 3.05) is 32.8 Å². The van der Waals surface area contributed by atoms with Gasteiger partial charge in [0.2, 0.25) is 0 Å². The van der Waals surface area contributed by atoms with Gasteiger partial charge in [0, 0.05) is 32.8 Å². The fraction of sp³-hybridized carbons (Fsp3) is 0.867. The quantitative estimate of drug-likeness (QED) is 0.772. The zero-order valence-electron chi connectivity index (χ0n) is 13.1. The highest BCUT2D eigenvalue weighted by atomic mass is 32.1. The van der Waals surface area contributed by atoms with E-state index in [0.717, 1.165) is 51.9 Å². The maximum atomic E-state index is 12.6. The summed E-state index contributed by atoms with van der Waals surface area (Å²) in [6.07, 6.45) is 3.86. The standard InChI is InChI=1S/C15H27N3O2S/c1-3-5-12(13(16)21)17-7-9-18(10-8-17)14(19)15(2)6-4-11-20-15/h12H,3-11H2,1-2H3,(H2,16,21). The number of carbonyl (C=O) groups excluding carboxylic acids is 1. The normalized spacial score (nSPS) is 28.6. The van der Waals surface area contributed by atoms with Crippen LogP contribution in [0, 0.1) is 0 Å². The summed E-state index contributed by atoms with van der Waals surface area (Å²) >= 11 is 5.18. The second-order valence-electron chi connectivity index (χ2n) is 6.22. The summed E-state index contributed by atoms with van der Waals surface area (Å²) in [6.45, 7) is 7.91. The fourth-order valence-electron chi connectivity index (χ4n) is 3.30. The molecule has 2 aliphatic rings. The lowest BCUT2D eigenvalue weighted by Gasteiger charge is -2.41. The smallest absolute Gasteiger partial charge is 0.254 e. The average molecular weight is 313 g/mol. The van der Waals surface area contributed by atoms with Crippen LogP contribution in [0.3, 0.4) is 0 Å². The van der Waals surface area contributed by atoms with Crippen LogP contribution in [-0.4, -0.2) is 65.1 Å². The molecule has 0 saturated carbocycles. The number of hydrogen-bond acceptors (Lipinski definition) is 4. The number of rotatable bonds is 5. The van der Waals surface area contributed by atoms with Crippen molar-refractivity contribution >= 4 is 23.1 Å². The maximum absolute atomic E-state index is 12.6. The van der Waals surface area contributed by atoms with E-state index in [1.54, 1.807) is 0 Å². The zero-order valence-corrected chi connectivity index (χ0v) is 14.0. The van der Waals surface area contributed by atoms with Crippen molar-refractivity contribution in [2.24, 2.45) is 5.73 Å². The van der Waals surface area contributed by atoms with Crippen LogP contribution in [0.15, 0.2) is 0 Å². The third kappa shape index (κ3) is 3.73. The minimum atomic E-state index is -0.603. The number of piperazine rings is 1. The van der Waals surface area contributed by atoms with Gasteiger partial charge in [-0.1, -0.05) is 25.6 Å². The summed E-state index contributed by atoms with van der Waals surface area (Å²) in [5, 5.41) is 0. The molecule has 2 atom stereocenters. The third-order valence-corrected chi connectivity index (χ3v) is 4.88. The van der Waals surface area contributed by atoms with E-state index >= 15 is 0 Å². The molecule has 2 saturated heterocycles. The molecule has 0 bridgehead atoms. The largest absolute Gasteiger partial charge is 0.392 e. The van der Waals surface area contributed by atoms with Crippen molar-refractivity contribution in [1.29, 1.82) is 0 Å². The first kappa shape index (κ1) is 16.6. The van der Waals surface area contributed by atoms with E-state index in [9.17, 15) is 4.79 Å². The number of nitrogens with zero attached hydrogens (tertiary/aromatic N) is 2. The van der Waals surface area contributed by atoms with Gasteiger partial charge in [-0.15, -0.1) is 0 Å². The van der Waals surface area contributed by atoms with Gasteiger partial charge in [0.15, 0.2) is 0 Å². The van der Waals surface area contributed by atoms with Gasteiger partial charge in [-0.25, -0.2) is 0 Å².